The van der Waals surface area contributed by atoms with Crippen molar-refractivity contribution in [3.05, 3.63) is 71.3 Å². The molecule has 0 saturated carbocycles. The van der Waals surface area contributed by atoms with Crippen LogP contribution in [0.15, 0.2) is 54.6 Å². The number of nitrogens with one attached hydrogen (secondary N) is 4. The van der Waals surface area contributed by atoms with Gasteiger partial charge in [0.05, 0.1) is 17.3 Å². The van der Waals surface area contributed by atoms with Crippen molar-refractivity contribution in [1.82, 2.24) is 21.3 Å². The van der Waals surface area contributed by atoms with Crippen molar-refractivity contribution < 1.29 is 33.9 Å². The highest BCUT2D eigenvalue weighted by molar-refractivity contribution is 8.77. The second kappa shape index (κ2) is 15.5. The number of carbonyl (C=O) groups excluding carboxylic acids is 5. The van der Waals surface area contributed by atoms with Crippen molar-refractivity contribution in [1.29, 1.82) is 0 Å². The van der Waals surface area contributed by atoms with Gasteiger partial charge in [-0.3, -0.25) is 24.0 Å². The van der Waals surface area contributed by atoms with Crippen LogP contribution in [0.25, 0.3) is 0 Å². The normalized spacial score (nSPS) is 22.6. The summed E-state index contributed by atoms with van der Waals surface area (Å²) in [5.41, 5.74) is 13.2. The molecule has 4 atom stereocenters. The number of hydrogen-bond donors (Lipinski definition) is 7. The van der Waals surface area contributed by atoms with Gasteiger partial charge in [0.25, 0.3) is 0 Å². The van der Waals surface area contributed by atoms with Crippen molar-refractivity contribution in [3.8, 4) is 0 Å². The van der Waals surface area contributed by atoms with E-state index in [1.807, 2.05) is 0 Å². The first-order valence-electron chi connectivity index (χ1n) is 14.5. The quantitative estimate of drug-likeness (QED) is 0.192. The van der Waals surface area contributed by atoms with Crippen LogP contribution in [0.4, 0.5) is 0 Å². The zero-order valence-electron chi connectivity index (χ0n) is 26.0. The van der Waals surface area contributed by atoms with E-state index in [0.29, 0.717) is 11.1 Å². The van der Waals surface area contributed by atoms with Crippen LogP contribution in [0.2, 0.25) is 0 Å². The molecule has 2 aromatic carbocycles. The predicted octanol–water partition coefficient (Wildman–Crippen LogP) is 0.505. The van der Waals surface area contributed by atoms with E-state index in [2.05, 4.69) is 21.3 Å². The fraction of sp³-hybridized carbons (Fsp3) is 0.419. The zero-order chi connectivity index (χ0) is 34.2. The Morgan fingerprint density at radius 2 is 1.52 bits per heavy atom. The number of rotatable bonds is 8. The van der Waals surface area contributed by atoms with E-state index in [4.69, 9.17) is 11.5 Å². The van der Waals surface area contributed by atoms with Crippen LogP contribution < -0.4 is 32.7 Å². The Bertz CT molecular complexity index is 1450. The van der Waals surface area contributed by atoms with E-state index in [0.717, 1.165) is 27.2 Å². The van der Waals surface area contributed by atoms with Gasteiger partial charge in [-0.15, -0.1) is 0 Å². The standard InChI is InChI=1S/C31H40N6O7S2/c1-30(2)23(36-26(40)20(32)14-18-10-12-19(13-11-18)25(33)39)28(42)34-16-22(38)35-21(15-17-8-6-5-7-9-17)27(41)37-24(29(43)44)31(3,4)46-45-30/h5-13,20-21,23-24H,14-16,32H2,1-4H3,(H2,33,39)(H,34,42)(H,35,38)(H,36,40)(H,37,41)(H,43,44)/t20-,21-,23?,24?/m0/s1. The summed E-state index contributed by atoms with van der Waals surface area (Å²) in [4.78, 5) is 76.9. The van der Waals surface area contributed by atoms with Crippen molar-refractivity contribution in [2.45, 2.75) is 74.2 Å². The molecule has 46 heavy (non-hydrogen) atoms. The molecule has 1 aliphatic heterocycles. The molecule has 13 nitrogen and oxygen atoms in total. The Balaban J connectivity index is 1.87. The molecule has 1 aliphatic rings. The van der Waals surface area contributed by atoms with E-state index in [1.54, 1.807) is 70.2 Å². The van der Waals surface area contributed by atoms with Gasteiger partial charge in [0, 0.05) is 16.7 Å². The summed E-state index contributed by atoms with van der Waals surface area (Å²) in [5.74, 6) is -4.55. The van der Waals surface area contributed by atoms with Gasteiger partial charge in [-0.05, 0) is 57.4 Å². The molecule has 2 aromatic rings. The molecule has 0 radical (unpaired) electrons. The molecule has 15 heteroatoms. The highest BCUT2D eigenvalue weighted by Crippen LogP contribution is 2.46. The van der Waals surface area contributed by atoms with Gasteiger partial charge in [0.2, 0.25) is 29.5 Å². The van der Waals surface area contributed by atoms with E-state index in [9.17, 15) is 33.9 Å². The van der Waals surface area contributed by atoms with Crippen molar-refractivity contribution in [2.75, 3.05) is 6.54 Å². The Morgan fingerprint density at radius 3 is 2.11 bits per heavy atom. The Labute approximate surface area is 275 Å². The first-order chi connectivity index (χ1) is 21.5. The lowest BCUT2D eigenvalue weighted by Crippen LogP contribution is -2.61. The van der Waals surface area contributed by atoms with Gasteiger partial charge in [-0.1, -0.05) is 64.1 Å². The molecule has 5 amide bonds. The summed E-state index contributed by atoms with van der Waals surface area (Å²) in [6.07, 6.45) is 0.176. The summed E-state index contributed by atoms with van der Waals surface area (Å²) < 4.78 is -2.18. The van der Waals surface area contributed by atoms with Crippen LogP contribution in [-0.2, 0) is 36.8 Å². The minimum absolute atomic E-state index is 0.0792. The maximum atomic E-state index is 13.5. The summed E-state index contributed by atoms with van der Waals surface area (Å²) in [5, 5.41) is 20.6. The summed E-state index contributed by atoms with van der Waals surface area (Å²) in [6, 6.07) is 10.4. The molecule has 1 fully saturated rings. The third-order valence-electron chi connectivity index (χ3n) is 7.33. The van der Waals surface area contributed by atoms with Gasteiger partial charge in [-0.2, -0.15) is 0 Å². The van der Waals surface area contributed by atoms with Crippen LogP contribution in [0.3, 0.4) is 0 Å². The smallest absolute Gasteiger partial charge is 0.327 e. The number of amides is 5. The minimum Gasteiger partial charge on any atom is -0.480 e. The van der Waals surface area contributed by atoms with Crippen molar-refractivity contribution in [2.24, 2.45) is 11.5 Å². The topological polar surface area (TPSA) is 223 Å². The lowest BCUT2D eigenvalue weighted by molar-refractivity contribution is -0.143. The second-order valence-electron chi connectivity index (χ2n) is 12.0. The molecule has 9 N–H and O–H groups in total. The molecule has 248 valence electrons. The lowest BCUT2D eigenvalue weighted by atomic mass is 10.00. The van der Waals surface area contributed by atoms with Crippen LogP contribution >= 0.6 is 21.6 Å². The number of hydrogen-bond acceptors (Lipinski definition) is 9. The number of primary amides is 1. The van der Waals surface area contributed by atoms with Crippen LogP contribution in [0.1, 0.15) is 49.2 Å². The van der Waals surface area contributed by atoms with Gasteiger partial charge >= 0.3 is 5.97 Å². The number of carboxylic acids is 1. The molecule has 0 aliphatic carbocycles. The maximum absolute atomic E-state index is 13.5. The number of nitrogens with two attached hydrogens (primary N) is 2. The Kier molecular flexibility index (Phi) is 12.2. The van der Waals surface area contributed by atoms with E-state index in [-0.39, 0.29) is 12.8 Å². The zero-order valence-corrected chi connectivity index (χ0v) is 27.6. The Hall–Kier alpha value is -4.08. The fourth-order valence-electron chi connectivity index (χ4n) is 4.62. The number of aliphatic carboxylic acids is 1. The van der Waals surface area contributed by atoms with Crippen LogP contribution in [0.5, 0.6) is 0 Å². The van der Waals surface area contributed by atoms with Crippen LogP contribution in [-0.4, -0.2) is 80.8 Å². The number of carboxylic acid groups (broad SMARTS) is 1. The largest absolute Gasteiger partial charge is 0.480 e. The van der Waals surface area contributed by atoms with E-state index < -0.39 is 75.7 Å². The fourth-order valence-corrected chi connectivity index (χ4v) is 7.43. The van der Waals surface area contributed by atoms with Gasteiger partial charge in [0.1, 0.15) is 18.1 Å². The summed E-state index contributed by atoms with van der Waals surface area (Å²) in [6.45, 7) is 6.15. The molecular weight excluding hydrogens is 633 g/mol. The molecule has 1 heterocycles. The molecule has 3 rings (SSSR count). The van der Waals surface area contributed by atoms with Gasteiger partial charge < -0.3 is 37.8 Å². The van der Waals surface area contributed by atoms with Gasteiger partial charge in [-0.25, -0.2) is 4.79 Å². The molecule has 0 aromatic heterocycles. The van der Waals surface area contributed by atoms with Crippen molar-refractivity contribution in [3.63, 3.8) is 0 Å². The first kappa shape index (κ1) is 36.4. The summed E-state index contributed by atoms with van der Waals surface area (Å²) >= 11 is 0. The molecule has 1 saturated heterocycles. The SMILES string of the molecule is CC1(C)SSC(C)(C)C(NC(=O)[C@@H](N)Cc2ccc(C(N)=O)cc2)C(=O)NCC(=O)N[C@@H](Cc2ccccc2)C(=O)NC1C(=O)O. The van der Waals surface area contributed by atoms with Gasteiger partial charge in [0.15, 0.2) is 0 Å². The highest BCUT2D eigenvalue weighted by Gasteiger charge is 2.44. The third kappa shape index (κ3) is 9.96. The summed E-state index contributed by atoms with van der Waals surface area (Å²) in [7, 11) is 2.29. The minimum atomic E-state index is -1.37. The highest BCUT2D eigenvalue weighted by atomic mass is 33.1. The van der Waals surface area contributed by atoms with Crippen LogP contribution in [0, 0.1) is 0 Å². The second-order valence-corrected chi connectivity index (χ2v) is 15.4. The first-order valence-corrected chi connectivity index (χ1v) is 16.6. The predicted molar refractivity (Wildman–Crippen MR) is 177 cm³/mol. The average Bonchev–Trinajstić information content (AvgIpc) is 2.99. The van der Waals surface area contributed by atoms with Crippen molar-refractivity contribution >= 4 is 57.1 Å². The number of carbonyl (C=O) groups is 6. The maximum Gasteiger partial charge on any atom is 0.327 e. The molecular formula is C31H40N6O7S2. The lowest BCUT2D eigenvalue weighted by Gasteiger charge is -2.38. The van der Waals surface area contributed by atoms with E-state index >= 15 is 0 Å². The number of benzene rings is 2. The molecule has 2 unspecified atom stereocenters. The average molecular weight is 673 g/mol. The monoisotopic (exact) mass is 672 g/mol. The third-order valence-corrected chi connectivity index (χ3v) is 11.6. The molecule has 0 bridgehead atoms. The molecule has 0 spiro atoms. The Morgan fingerprint density at radius 1 is 0.913 bits per heavy atom. The van der Waals surface area contributed by atoms with E-state index in [1.165, 1.54) is 12.1 Å².